The molecular formula is C23H29N3O2. The first-order valence-electron chi connectivity index (χ1n) is 10.1. The molecule has 1 fully saturated rings. The van der Waals surface area contributed by atoms with E-state index in [0.717, 1.165) is 24.3 Å². The Morgan fingerprint density at radius 3 is 2.25 bits per heavy atom. The van der Waals surface area contributed by atoms with Crippen LogP contribution in [0.15, 0.2) is 48.5 Å². The van der Waals surface area contributed by atoms with Crippen LogP contribution in [0.25, 0.3) is 0 Å². The van der Waals surface area contributed by atoms with Crippen LogP contribution in [-0.2, 0) is 16.0 Å². The maximum Gasteiger partial charge on any atom is 0.243 e. The van der Waals surface area contributed by atoms with E-state index in [1.54, 1.807) is 0 Å². The Bertz CT molecular complexity index is 778. The van der Waals surface area contributed by atoms with Gasteiger partial charge in [0.1, 0.15) is 0 Å². The summed E-state index contributed by atoms with van der Waals surface area (Å²) in [6.45, 7) is 4.22. The van der Waals surface area contributed by atoms with Crippen LogP contribution in [0.4, 0.5) is 11.4 Å². The molecule has 0 bridgehead atoms. The van der Waals surface area contributed by atoms with Gasteiger partial charge in [-0.2, -0.15) is 0 Å². The van der Waals surface area contributed by atoms with Crippen molar-refractivity contribution in [1.82, 2.24) is 5.32 Å². The lowest BCUT2D eigenvalue weighted by molar-refractivity contribution is -0.124. The fourth-order valence-electron chi connectivity index (χ4n) is 3.39. The lowest BCUT2D eigenvalue weighted by Gasteiger charge is -2.28. The summed E-state index contributed by atoms with van der Waals surface area (Å²) in [5.74, 6) is -0.328. The monoisotopic (exact) mass is 379 g/mol. The number of carbonyl (C=O) groups is 2. The van der Waals surface area contributed by atoms with E-state index in [1.165, 1.54) is 30.5 Å². The molecule has 2 amide bonds. The van der Waals surface area contributed by atoms with Gasteiger partial charge >= 0.3 is 0 Å². The molecule has 0 atom stereocenters. The molecule has 1 heterocycles. The third-order valence-corrected chi connectivity index (χ3v) is 5.08. The zero-order chi connectivity index (χ0) is 19.8. The number of rotatable bonds is 7. The number of nitrogens with zero attached hydrogens (tertiary/aromatic N) is 1. The highest BCUT2D eigenvalue weighted by atomic mass is 16.2. The molecule has 2 N–H and O–H groups in total. The van der Waals surface area contributed by atoms with Gasteiger partial charge in [0.15, 0.2) is 0 Å². The van der Waals surface area contributed by atoms with Crippen LogP contribution in [0.1, 0.15) is 36.8 Å². The van der Waals surface area contributed by atoms with Crippen LogP contribution in [0.2, 0.25) is 0 Å². The number of nitrogens with one attached hydrogen (secondary N) is 2. The first-order valence-corrected chi connectivity index (χ1v) is 10.1. The fourth-order valence-corrected chi connectivity index (χ4v) is 3.39. The molecule has 2 aromatic rings. The summed E-state index contributed by atoms with van der Waals surface area (Å²) in [5, 5.41) is 5.52. The molecule has 28 heavy (non-hydrogen) atoms. The standard InChI is InChI=1S/C23H29N3O2/c1-18-5-7-19(8-6-18)9-14-22(27)24-17-23(28)25-20-10-12-21(13-11-20)26-15-3-2-4-16-26/h5-8,10-13H,2-4,9,14-17H2,1H3,(H,24,27)(H,25,28). The molecular weight excluding hydrogens is 350 g/mol. The van der Waals surface area contributed by atoms with E-state index in [4.69, 9.17) is 0 Å². The van der Waals surface area contributed by atoms with Crippen molar-refractivity contribution < 1.29 is 9.59 Å². The van der Waals surface area contributed by atoms with Gasteiger partial charge in [-0.3, -0.25) is 9.59 Å². The van der Waals surface area contributed by atoms with Gasteiger partial charge in [0.25, 0.3) is 0 Å². The molecule has 0 unspecified atom stereocenters. The normalized spacial score (nSPS) is 13.8. The highest BCUT2D eigenvalue weighted by Crippen LogP contribution is 2.21. The maximum absolute atomic E-state index is 12.1. The summed E-state index contributed by atoms with van der Waals surface area (Å²) in [6.07, 6.45) is 4.83. The van der Waals surface area contributed by atoms with E-state index < -0.39 is 0 Å². The molecule has 0 aliphatic carbocycles. The average molecular weight is 380 g/mol. The highest BCUT2D eigenvalue weighted by Gasteiger charge is 2.11. The zero-order valence-corrected chi connectivity index (χ0v) is 16.5. The van der Waals surface area contributed by atoms with Gasteiger partial charge in [0, 0.05) is 30.9 Å². The Hall–Kier alpha value is -2.82. The van der Waals surface area contributed by atoms with Crippen molar-refractivity contribution in [2.45, 2.75) is 39.0 Å². The van der Waals surface area contributed by atoms with Gasteiger partial charge in [-0.15, -0.1) is 0 Å². The third-order valence-electron chi connectivity index (χ3n) is 5.08. The summed E-state index contributed by atoms with van der Waals surface area (Å²) < 4.78 is 0. The molecule has 148 valence electrons. The second kappa shape index (κ2) is 9.93. The Labute approximate surface area is 167 Å². The van der Waals surface area contributed by atoms with Crippen LogP contribution < -0.4 is 15.5 Å². The summed E-state index contributed by atoms with van der Waals surface area (Å²) in [4.78, 5) is 26.4. The van der Waals surface area contributed by atoms with Crippen molar-refractivity contribution in [3.8, 4) is 0 Å². The molecule has 1 aliphatic heterocycles. The molecule has 1 saturated heterocycles. The predicted molar refractivity (Wildman–Crippen MR) is 114 cm³/mol. The number of hydrogen-bond donors (Lipinski definition) is 2. The van der Waals surface area contributed by atoms with E-state index in [0.29, 0.717) is 12.8 Å². The smallest absolute Gasteiger partial charge is 0.243 e. The van der Waals surface area contributed by atoms with E-state index >= 15 is 0 Å². The minimum atomic E-state index is -0.214. The topological polar surface area (TPSA) is 61.4 Å². The van der Waals surface area contributed by atoms with Gasteiger partial charge in [0.05, 0.1) is 6.54 Å². The van der Waals surface area contributed by atoms with Crippen molar-refractivity contribution in [3.63, 3.8) is 0 Å². The van der Waals surface area contributed by atoms with Crippen LogP contribution >= 0.6 is 0 Å². The number of benzene rings is 2. The van der Waals surface area contributed by atoms with E-state index in [2.05, 4.69) is 15.5 Å². The first kappa shape index (κ1) is 19.9. The molecule has 0 spiro atoms. The number of aryl methyl sites for hydroxylation is 2. The van der Waals surface area contributed by atoms with Crippen molar-refractivity contribution in [3.05, 3.63) is 59.7 Å². The number of carbonyl (C=O) groups excluding carboxylic acids is 2. The SMILES string of the molecule is Cc1ccc(CCC(=O)NCC(=O)Nc2ccc(N3CCCCC3)cc2)cc1. The number of amides is 2. The van der Waals surface area contributed by atoms with Crippen LogP contribution in [0.5, 0.6) is 0 Å². The molecule has 5 heteroatoms. The quantitative estimate of drug-likeness (QED) is 0.772. The lowest BCUT2D eigenvalue weighted by atomic mass is 10.1. The average Bonchev–Trinajstić information content (AvgIpc) is 2.73. The van der Waals surface area contributed by atoms with Crippen LogP contribution in [-0.4, -0.2) is 31.4 Å². The Morgan fingerprint density at radius 1 is 0.893 bits per heavy atom. The minimum absolute atomic E-state index is 0.0133. The molecule has 2 aromatic carbocycles. The molecule has 0 radical (unpaired) electrons. The molecule has 5 nitrogen and oxygen atoms in total. The van der Waals surface area contributed by atoms with Gasteiger partial charge in [-0.1, -0.05) is 29.8 Å². The third kappa shape index (κ3) is 6.12. The zero-order valence-electron chi connectivity index (χ0n) is 16.5. The Balaban J connectivity index is 1.38. The number of piperidine rings is 1. The van der Waals surface area contributed by atoms with E-state index in [9.17, 15) is 9.59 Å². The minimum Gasteiger partial charge on any atom is -0.372 e. The van der Waals surface area contributed by atoms with Crippen molar-refractivity contribution in [1.29, 1.82) is 0 Å². The lowest BCUT2D eigenvalue weighted by Crippen LogP contribution is -2.33. The largest absolute Gasteiger partial charge is 0.372 e. The van der Waals surface area contributed by atoms with Gasteiger partial charge in [-0.05, 0) is 62.4 Å². The van der Waals surface area contributed by atoms with Gasteiger partial charge in [0.2, 0.25) is 11.8 Å². The molecule has 0 saturated carbocycles. The highest BCUT2D eigenvalue weighted by molar-refractivity contribution is 5.94. The summed E-state index contributed by atoms with van der Waals surface area (Å²) in [7, 11) is 0. The van der Waals surface area contributed by atoms with Crippen LogP contribution in [0.3, 0.4) is 0 Å². The summed E-state index contributed by atoms with van der Waals surface area (Å²) >= 11 is 0. The Morgan fingerprint density at radius 2 is 1.57 bits per heavy atom. The van der Waals surface area contributed by atoms with E-state index in [1.807, 2.05) is 55.5 Å². The Kier molecular flexibility index (Phi) is 7.06. The summed E-state index contributed by atoms with van der Waals surface area (Å²) in [6, 6.07) is 16.1. The molecule has 1 aliphatic rings. The maximum atomic E-state index is 12.1. The van der Waals surface area contributed by atoms with Crippen molar-refractivity contribution in [2.24, 2.45) is 0 Å². The van der Waals surface area contributed by atoms with Crippen LogP contribution in [0, 0.1) is 6.92 Å². The number of anilines is 2. The van der Waals surface area contributed by atoms with E-state index in [-0.39, 0.29) is 18.4 Å². The van der Waals surface area contributed by atoms with Crippen molar-refractivity contribution in [2.75, 3.05) is 29.9 Å². The number of hydrogen-bond acceptors (Lipinski definition) is 3. The summed E-state index contributed by atoms with van der Waals surface area (Å²) in [5.41, 5.74) is 4.27. The van der Waals surface area contributed by atoms with Gasteiger partial charge in [-0.25, -0.2) is 0 Å². The molecule has 0 aromatic heterocycles. The van der Waals surface area contributed by atoms with Crippen molar-refractivity contribution >= 4 is 23.2 Å². The fraction of sp³-hybridized carbons (Fsp3) is 0.391. The van der Waals surface area contributed by atoms with Gasteiger partial charge < -0.3 is 15.5 Å². The molecule has 3 rings (SSSR count). The second-order valence-electron chi connectivity index (χ2n) is 7.41. The predicted octanol–water partition coefficient (Wildman–Crippen LogP) is 3.67. The second-order valence-corrected chi connectivity index (χ2v) is 7.41. The first-order chi connectivity index (χ1) is 13.6.